The minimum Gasteiger partial charge on any atom is -0.329 e. The summed E-state index contributed by atoms with van der Waals surface area (Å²) < 4.78 is 27.8. The molecule has 2 aromatic carbocycles. The number of amides is 1. The first kappa shape index (κ1) is 19.1. The highest BCUT2D eigenvalue weighted by Gasteiger charge is 2.33. The average Bonchev–Trinajstić information content (AvgIpc) is 2.96. The Labute approximate surface area is 166 Å². The molecule has 0 aromatic heterocycles. The Morgan fingerprint density at radius 1 is 1.14 bits per heavy atom. The van der Waals surface area contributed by atoms with Crippen LogP contribution in [0.15, 0.2) is 47.4 Å². The van der Waals surface area contributed by atoms with Crippen molar-refractivity contribution in [2.75, 3.05) is 31.5 Å². The predicted octanol–water partition coefficient (Wildman–Crippen LogP) is 1.14. The minimum absolute atomic E-state index is 0.0853. The van der Waals surface area contributed by atoms with E-state index in [1.54, 1.807) is 29.4 Å². The molecule has 2 N–H and O–H groups in total. The van der Waals surface area contributed by atoms with Gasteiger partial charge in [-0.15, -0.1) is 0 Å². The molecule has 0 spiro atoms. The van der Waals surface area contributed by atoms with E-state index in [4.69, 9.17) is 0 Å². The molecule has 4 rings (SSSR count). The maximum absolute atomic E-state index is 13.1. The summed E-state index contributed by atoms with van der Waals surface area (Å²) >= 11 is 0. The Kier molecular flexibility index (Phi) is 4.99. The third-order valence-corrected chi connectivity index (χ3v) is 7.64. The zero-order chi connectivity index (χ0) is 19.9. The molecule has 0 unspecified atom stereocenters. The van der Waals surface area contributed by atoms with Gasteiger partial charge in [0.05, 0.1) is 37.0 Å². The maximum Gasteiger partial charge on any atom is 0.243 e. The van der Waals surface area contributed by atoms with Gasteiger partial charge in [0.2, 0.25) is 15.9 Å². The second kappa shape index (κ2) is 7.31. The van der Waals surface area contributed by atoms with E-state index in [9.17, 15) is 13.2 Å². The van der Waals surface area contributed by atoms with E-state index < -0.39 is 10.0 Å². The van der Waals surface area contributed by atoms with Crippen molar-refractivity contribution in [2.24, 2.45) is 0 Å². The lowest BCUT2D eigenvalue weighted by atomic mass is 10.0. The van der Waals surface area contributed by atoms with Crippen LogP contribution in [0.5, 0.6) is 0 Å². The number of nitrogens with zero attached hydrogens (tertiary/aromatic N) is 1. The maximum atomic E-state index is 13.1. The number of hydrogen-bond donors (Lipinski definition) is 2. The van der Waals surface area contributed by atoms with Gasteiger partial charge in [-0.25, -0.2) is 8.42 Å². The summed E-state index contributed by atoms with van der Waals surface area (Å²) in [5, 5.41) is 2.79. The summed E-state index contributed by atoms with van der Waals surface area (Å²) in [6.07, 6.45) is 0. The zero-order valence-corrected chi connectivity index (χ0v) is 17.1. The van der Waals surface area contributed by atoms with Crippen molar-refractivity contribution in [3.8, 4) is 0 Å². The second-order valence-electron chi connectivity index (χ2n) is 7.78. The van der Waals surface area contributed by atoms with Crippen LogP contribution >= 0.6 is 0 Å². The minimum atomic E-state index is -3.55. The fourth-order valence-electron chi connectivity index (χ4n) is 4.03. The summed E-state index contributed by atoms with van der Waals surface area (Å²) in [5.74, 6) is -0.404. The van der Waals surface area contributed by atoms with E-state index in [1.165, 1.54) is 16.0 Å². The number of anilines is 1. The number of rotatable bonds is 4. The lowest BCUT2D eigenvalue weighted by molar-refractivity contribution is -0.917. The lowest BCUT2D eigenvalue weighted by Crippen LogP contribution is -3.13. The molecule has 0 radical (unpaired) electrons. The Bertz CT molecular complexity index is 1010. The normalized spacial score (nSPS) is 20.8. The number of piperazine rings is 1. The van der Waals surface area contributed by atoms with E-state index in [0.717, 1.165) is 25.2 Å². The number of carbonyl (C=O) groups excluding carboxylic acids is 1. The smallest absolute Gasteiger partial charge is 0.243 e. The average molecular weight is 401 g/mol. The molecule has 2 aliphatic heterocycles. The Morgan fingerprint density at radius 3 is 2.61 bits per heavy atom. The molecule has 2 aliphatic rings. The highest BCUT2D eigenvalue weighted by Crippen LogP contribution is 2.34. The van der Waals surface area contributed by atoms with Gasteiger partial charge >= 0.3 is 0 Å². The van der Waals surface area contributed by atoms with E-state index in [-0.39, 0.29) is 16.7 Å². The quantitative estimate of drug-likeness (QED) is 0.809. The van der Waals surface area contributed by atoms with Gasteiger partial charge in [0.15, 0.2) is 0 Å². The van der Waals surface area contributed by atoms with Crippen LogP contribution in [0.25, 0.3) is 0 Å². The SMILES string of the molecule is Cc1cccc(C[NH+]2CCN(S(=O)(=O)c3ccc4c(c3)[C@H](C)C(=O)N4)CC2)c1. The van der Waals surface area contributed by atoms with E-state index >= 15 is 0 Å². The summed E-state index contributed by atoms with van der Waals surface area (Å²) in [4.78, 5) is 13.5. The van der Waals surface area contributed by atoms with Crippen molar-refractivity contribution in [3.63, 3.8) is 0 Å². The van der Waals surface area contributed by atoms with Crippen LogP contribution in [-0.4, -0.2) is 44.8 Å². The third kappa shape index (κ3) is 3.57. The van der Waals surface area contributed by atoms with Crippen molar-refractivity contribution < 1.29 is 18.1 Å². The third-order valence-electron chi connectivity index (χ3n) is 5.74. The van der Waals surface area contributed by atoms with Gasteiger partial charge in [-0.3, -0.25) is 4.79 Å². The van der Waals surface area contributed by atoms with Crippen LogP contribution in [0, 0.1) is 6.92 Å². The van der Waals surface area contributed by atoms with Crippen molar-refractivity contribution in [3.05, 3.63) is 59.2 Å². The summed E-state index contributed by atoms with van der Waals surface area (Å²) in [6, 6.07) is 13.4. The molecule has 7 heteroatoms. The fourth-order valence-corrected chi connectivity index (χ4v) is 5.51. The van der Waals surface area contributed by atoms with Crippen molar-refractivity contribution >= 4 is 21.6 Å². The number of carbonyl (C=O) groups is 1. The van der Waals surface area contributed by atoms with Gasteiger partial charge in [0.1, 0.15) is 6.54 Å². The molecular weight excluding hydrogens is 374 g/mol. The van der Waals surface area contributed by atoms with Gasteiger partial charge in [0.25, 0.3) is 0 Å². The molecule has 1 atom stereocenters. The standard InChI is InChI=1S/C21H25N3O3S/c1-15-4-3-5-17(12-15)14-23-8-10-24(11-9-23)28(26,27)18-6-7-20-19(13-18)16(2)21(25)22-20/h3-7,12-13,16H,8-11,14H2,1-2H3,(H,22,25)/p+1/t16-/m0/s1. The number of aryl methyl sites for hydroxylation is 1. The number of hydrogen-bond acceptors (Lipinski definition) is 3. The Morgan fingerprint density at radius 2 is 1.89 bits per heavy atom. The molecule has 2 aromatic rings. The van der Waals surface area contributed by atoms with Crippen LogP contribution in [0.3, 0.4) is 0 Å². The van der Waals surface area contributed by atoms with Gasteiger partial charge in [0, 0.05) is 11.3 Å². The highest BCUT2D eigenvalue weighted by molar-refractivity contribution is 7.89. The topological polar surface area (TPSA) is 70.9 Å². The first-order valence-corrected chi connectivity index (χ1v) is 11.1. The van der Waals surface area contributed by atoms with Crippen LogP contribution in [-0.2, 0) is 21.4 Å². The molecule has 0 bridgehead atoms. The molecule has 0 saturated carbocycles. The Balaban J connectivity index is 1.45. The molecule has 1 saturated heterocycles. The molecule has 6 nitrogen and oxygen atoms in total. The van der Waals surface area contributed by atoms with Crippen molar-refractivity contribution in [1.29, 1.82) is 0 Å². The van der Waals surface area contributed by atoms with Crippen LogP contribution < -0.4 is 10.2 Å². The molecule has 2 heterocycles. The summed E-state index contributed by atoms with van der Waals surface area (Å²) in [7, 11) is -3.55. The van der Waals surface area contributed by atoms with Crippen LogP contribution in [0.4, 0.5) is 5.69 Å². The number of sulfonamides is 1. The van der Waals surface area contributed by atoms with Crippen molar-refractivity contribution in [1.82, 2.24) is 4.31 Å². The molecule has 148 valence electrons. The van der Waals surface area contributed by atoms with E-state index in [2.05, 4.69) is 36.5 Å². The molecule has 28 heavy (non-hydrogen) atoms. The lowest BCUT2D eigenvalue weighted by Gasteiger charge is -2.31. The summed E-state index contributed by atoms with van der Waals surface area (Å²) in [6.45, 7) is 7.39. The monoisotopic (exact) mass is 400 g/mol. The first-order chi connectivity index (χ1) is 13.3. The van der Waals surface area contributed by atoms with Gasteiger partial charge in [-0.1, -0.05) is 29.8 Å². The number of quaternary nitrogens is 1. The van der Waals surface area contributed by atoms with Gasteiger partial charge in [-0.2, -0.15) is 4.31 Å². The second-order valence-corrected chi connectivity index (χ2v) is 9.72. The summed E-state index contributed by atoms with van der Waals surface area (Å²) in [5.41, 5.74) is 4.01. The van der Waals surface area contributed by atoms with Crippen molar-refractivity contribution in [2.45, 2.75) is 31.2 Å². The zero-order valence-electron chi connectivity index (χ0n) is 16.2. The molecule has 0 aliphatic carbocycles. The van der Waals surface area contributed by atoms with Gasteiger partial charge < -0.3 is 10.2 Å². The van der Waals surface area contributed by atoms with Crippen LogP contribution in [0.2, 0.25) is 0 Å². The van der Waals surface area contributed by atoms with Gasteiger partial charge in [-0.05, 0) is 37.6 Å². The Hall–Kier alpha value is -2.22. The number of benzene rings is 2. The number of fused-ring (bicyclic) bond motifs is 1. The molecular formula is C21H26N3O3S+. The largest absolute Gasteiger partial charge is 0.329 e. The first-order valence-electron chi connectivity index (χ1n) is 9.68. The molecule has 1 amide bonds. The predicted molar refractivity (Wildman–Crippen MR) is 108 cm³/mol. The number of nitrogens with one attached hydrogen (secondary N) is 2. The van der Waals surface area contributed by atoms with E-state index in [0.29, 0.717) is 18.8 Å². The van der Waals surface area contributed by atoms with E-state index in [1.807, 2.05) is 0 Å². The van der Waals surface area contributed by atoms with Crippen LogP contribution in [0.1, 0.15) is 29.5 Å². The molecule has 1 fully saturated rings. The highest BCUT2D eigenvalue weighted by atomic mass is 32.2. The fraction of sp³-hybridized carbons (Fsp3) is 0.381.